The van der Waals surface area contributed by atoms with Gasteiger partial charge in [-0.25, -0.2) is 0 Å². The van der Waals surface area contributed by atoms with Crippen molar-refractivity contribution in [2.24, 2.45) is 0 Å². The molecular weight excluding hydrogens is 581 g/mol. The lowest BCUT2D eigenvalue weighted by Crippen LogP contribution is -2.66. The molecule has 0 spiro atoms. The lowest BCUT2D eigenvalue weighted by atomic mass is 9.80. The van der Waals surface area contributed by atoms with Gasteiger partial charge in [0.2, 0.25) is 0 Å². The fourth-order valence-electron chi connectivity index (χ4n) is 6.73. The summed E-state index contributed by atoms with van der Waals surface area (Å²) in [6, 6.07) is 52.9. The molecule has 0 amide bonds. The molecule has 0 aromatic heterocycles. The standard InChI is InChI=1S/C42H48O3Si/c1-41(2,3)46(39-28-15-7-16-29-39,40-30-17-8-18-31-40)45-34-32-38(43)27-19-20-33-44-42(35-21-9-4-10-22-35,36-23-11-5-12-24-36)37-25-13-6-14-26-37/h4-18,21-26,28-31,38,43H,19-20,27,32-34H2,1-3H3/t38-/m1/s1. The lowest BCUT2D eigenvalue weighted by molar-refractivity contribution is 0.00918. The zero-order valence-electron chi connectivity index (χ0n) is 27.5. The summed E-state index contributed by atoms with van der Waals surface area (Å²) in [7, 11) is -2.61. The van der Waals surface area contributed by atoms with E-state index in [4.69, 9.17) is 9.16 Å². The number of ether oxygens (including phenoxy) is 1. The van der Waals surface area contributed by atoms with Crippen LogP contribution in [0.3, 0.4) is 0 Å². The average Bonchev–Trinajstić information content (AvgIpc) is 3.10. The second-order valence-corrected chi connectivity index (χ2v) is 17.4. The molecule has 0 aliphatic carbocycles. The number of rotatable bonds is 15. The van der Waals surface area contributed by atoms with E-state index in [2.05, 4.69) is 154 Å². The molecule has 4 heteroatoms. The highest BCUT2D eigenvalue weighted by Crippen LogP contribution is 2.41. The van der Waals surface area contributed by atoms with Crippen molar-refractivity contribution in [3.05, 3.63) is 168 Å². The first-order chi connectivity index (χ1) is 22.4. The zero-order valence-corrected chi connectivity index (χ0v) is 28.5. The smallest absolute Gasteiger partial charge is 0.261 e. The topological polar surface area (TPSA) is 38.7 Å². The fourth-order valence-corrected chi connectivity index (χ4v) is 11.3. The summed E-state index contributed by atoms with van der Waals surface area (Å²) in [4.78, 5) is 0. The van der Waals surface area contributed by atoms with Crippen LogP contribution in [-0.2, 0) is 14.8 Å². The van der Waals surface area contributed by atoms with Crippen LogP contribution in [0.5, 0.6) is 0 Å². The van der Waals surface area contributed by atoms with Gasteiger partial charge in [-0.3, -0.25) is 0 Å². The monoisotopic (exact) mass is 628 g/mol. The molecule has 1 N–H and O–H groups in total. The van der Waals surface area contributed by atoms with Crippen molar-refractivity contribution in [3.63, 3.8) is 0 Å². The van der Waals surface area contributed by atoms with E-state index in [-0.39, 0.29) is 5.04 Å². The van der Waals surface area contributed by atoms with Gasteiger partial charge in [0.05, 0.1) is 6.10 Å². The Hall–Kier alpha value is -3.80. The minimum atomic E-state index is -2.61. The molecule has 5 aromatic carbocycles. The van der Waals surface area contributed by atoms with Gasteiger partial charge in [0, 0.05) is 13.2 Å². The van der Waals surface area contributed by atoms with Gasteiger partial charge in [0.25, 0.3) is 8.32 Å². The molecule has 238 valence electrons. The third kappa shape index (κ3) is 7.43. The Balaban J connectivity index is 1.23. The molecule has 0 heterocycles. The van der Waals surface area contributed by atoms with E-state index in [1.165, 1.54) is 10.4 Å². The van der Waals surface area contributed by atoms with Crippen LogP contribution in [-0.4, -0.2) is 32.7 Å². The van der Waals surface area contributed by atoms with Gasteiger partial charge in [0.15, 0.2) is 0 Å². The van der Waals surface area contributed by atoms with E-state index in [1.54, 1.807) is 0 Å². The van der Waals surface area contributed by atoms with Crippen LogP contribution >= 0.6 is 0 Å². The second kappa shape index (κ2) is 15.7. The summed E-state index contributed by atoms with van der Waals surface area (Å²) in [5.41, 5.74) is 2.60. The van der Waals surface area contributed by atoms with Crippen molar-refractivity contribution in [1.82, 2.24) is 0 Å². The normalized spacial score (nSPS) is 13.0. The summed E-state index contributed by atoms with van der Waals surface area (Å²) in [5, 5.41) is 13.5. The zero-order chi connectivity index (χ0) is 32.3. The van der Waals surface area contributed by atoms with E-state index in [0.29, 0.717) is 26.1 Å². The number of benzene rings is 5. The molecule has 5 aromatic rings. The molecule has 3 nitrogen and oxygen atoms in total. The highest BCUT2D eigenvalue weighted by molar-refractivity contribution is 6.99. The molecule has 0 unspecified atom stereocenters. The SMILES string of the molecule is CC(C)(C)[Si](OCC[C@H](O)CCCCOC(c1ccccc1)(c1ccccc1)c1ccccc1)(c1ccccc1)c1ccccc1. The molecule has 0 aliphatic heterocycles. The molecule has 0 bridgehead atoms. The van der Waals surface area contributed by atoms with E-state index < -0.39 is 20.0 Å². The Morgan fingerprint density at radius 3 is 1.30 bits per heavy atom. The first-order valence-electron chi connectivity index (χ1n) is 16.6. The van der Waals surface area contributed by atoms with E-state index >= 15 is 0 Å². The Labute approximate surface area is 277 Å². The molecule has 5 rings (SSSR count). The summed E-state index contributed by atoms with van der Waals surface area (Å²) < 4.78 is 13.9. The van der Waals surface area contributed by atoms with Crippen LogP contribution < -0.4 is 10.4 Å². The molecule has 46 heavy (non-hydrogen) atoms. The first kappa shape index (κ1) is 33.6. The van der Waals surface area contributed by atoms with Crippen molar-refractivity contribution in [2.75, 3.05) is 13.2 Å². The predicted octanol–water partition coefficient (Wildman–Crippen LogP) is 8.49. The van der Waals surface area contributed by atoms with Crippen LogP contribution in [0.15, 0.2) is 152 Å². The van der Waals surface area contributed by atoms with Crippen molar-refractivity contribution >= 4 is 18.7 Å². The minimum Gasteiger partial charge on any atom is -0.407 e. The maximum absolute atomic E-state index is 11.1. The maximum Gasteiger partial charge on any atom is 0.261 e. The van der Waals surface area contributed by atoms with Gasteiger partial charge in [-0.15, -0.1) is 0 Å². The number of aliphatic hydroxyl groups is 1. The number of unbranched alkanes of at least 4 members (excludes halogenated alkanes) is 1. The van der Waals surface area contributed by atoms with Crippen molar-refractivity contribution in [2.45, 2.75) is 63.2 Å². The lowest BCUT2D eigenvalue weighted by Gasteiger charge is -2.43. The van der Waals surface area contributed by atoms with Gasteiger partial charge in [-0.1, -0.05) is 172 Å². The summed E-state index contributed by atoms with van der Waals surface area (Å²) >= 11 is 0. The minimum absolute atomic E-state index is 0.0826. The van der Waals surface area contributed by atoms with Gasteiger partial charge in [-0.2, -0.15) is 0 Å². The Morgan fingerprint density at radius 1 is 0.522 bits per heavy atom. The van der Waals surface area contributed by atoms with Crippen LogP contribution in [0, 0.1) is 0 Å². The maximum atomic E-state index is 11.1. The molecule has 0 aliphatic rings. The molecule has 0 radical (unpaired) electrons. The largest absolute Gasteiger partial charge is 0.407 e. The van der Waals surface area contributed by atoms with Crippen molar-refractivity contribution in [1.29, 1.82) is 0 Å². The van der Waals surface area contributed by atoms with E-state index in [0.717, 1.165) is 29.5 Å². The van der Waals surface area contributed by atoms with Gasteiger partial charge in [0.1, 0.15) is 5.60 Å². The average molecular weight is 629 g/mol. The van der Waals surface area contributed by atoms with Gasteiger partial charge in [-0.05, 0) is 57.8 Å². The molecular formula is C42H48O3Si. The highest BCUT2D eigenvalue weighted by atomic mass is 28.4. The quantitative estimate of drug-likeness (QED) is 0.0718. The fraction of sp³-hybridized carbons (Fsp3) is 0.286. The van der Waals surface area contributed by atoms with Crippen molar-refractivity contribution in [3.8, 4) is 0 Å². The van der Waals surface area contributed by atoms with Crippen LogP contribution in [0.4, 0.5) is 0 Å². The number of aliphatic hydroxyl groups excluding tert-OH is 1. The summed E-state index contributed by atoms with van der Waals surface area (Å²) in [6.45, 7) is 7.95. The van der Waals surface area contributed by atoms with E-state index in [1.807, 2.05) is 18.2 Å². The molecule has 1 atom stereocenters. The predicted molar refractivity (Wildman–Crippen MR) is 193 cm³/mol. The second-order valence-electron chi connectivity index (χ2n) is 13.1. The van der Waals surface area contributed by atoms with Crippen LogP contribution in [0.1, 0.15) is 63.1 Å². The number of hydrogen-bond acceptors (Lipinski definition) is 3. The molecule has 0 saturated heterocycles. The Bertz CT molecular complexity index is 1430. The first-order valence-corrected chi connectivity index (χ1v) is 18.5. The number of hydrogen-bond donors (Lipinski definition) is 1. The Kier molecular flexibility index (Phi) is 11.4. The van der Waals surface area contributed by atoms with Gasteiger partial charge >= 0.3 is 0 Å². The summed E-state index contributed by atoms with van der Waals surface area (Å²) in [6.07, 6.45) is 2.60. The van der Waals surface area contributed by atoms with E-state index in [9.17, 15) is 5.11 Å². The summed E-state index contributed by atoms with van der Waals surface area (Å²) in [5.74, 6) is 0. The van der Waals surface area contributed by atoms with Gasteiger partial charge < -0.3 is 14.3 Å². The highest BCUT2D eigenvalue weighted by Gasteiger charge is 2.50. The Morgan fingerprint density at radius 2 is 0.913 bits per heavy atom. The van der Waals surface area contributed by atoms with Crippen molar-refractivity contribution < 1.29 is 14.3 Å². The third-order valence-electron chi connectivity index (χ3n) is 8.98. The third-order valence-corrected chi connectivity index (χ3v) is 14.0. The molecule has 0 saturated carbocycles. The van der Waals surface area contributed by atoms with Crippen LogP contribution in [0.25, 0.3) is 0 Å². The molecule has 0 fully saturated rings. The van der Waals surface area contributed by atoms with Crippen LogP contribution in [0.2, 0.25) is 5.04 Å².